The first kappa shape index (κ1) is 14.7. The van der Waals surface area contributed by atoms with E-state index in [1.54, 1.807) is 12.1 Å². The molecule has 1 atom stereocenters. The maximum Gasteiger partial charge on any atom is 0.387 e. The quantitative estimate of drug-likeness (QED) is 0.719. The fourth-order valence-electron chi connectivity index (χ4n) is 2.79. The van der Waals surface area contributed by atoms with Crippen LogP contribution in [-0.4, -0.2) is 6.61 Å². The SMILES string of the molecule is FC(F)Oc1cccc(Br)c1[C@H]1CC[n+]2ccc(Cl)cc21. The second-order valence-electron chi connectivity index (χ2n) is 4.83. The molecule has 0 saturated carbocycles. The molecule has 1 aromatic heterocycles. The van der Waals surface area contributed by atoms with Crippen LogP contribution in [0.2, 0.25) is 5.02 Å². The van der Waals surface area contributed by atoms with Gasteiger partial charge in [-0.1, -0.05) is 33.6 Å². The Morgan fingerprint density at radius 1 is 1.33 bits per heavy atom. The highest BCUT2D eigenvalue weighted by Crippen LogP contribution is 2.41. The van der Waals surface area contributed by atoms with Crippen molar-refractivity contribution < 1.29 is 18.1 Å². The standard InChI is InChI=1S/C15H12BrClF2NO/c16-11-2-1-3-13(21-15(18)19)14(11)10-5-7-20-6-4-9(17)8-12(10)20/h1-4,6,8,10,15H,5,7H2/q+1/t10-/m0/s1. The molecule has 1 aliphatic rings. The van der Waals surface area contributed by atoms with E-state index < -0.39 is 6.61 Å². The number of alkyl halides is 2. The molecular weight excluding hydrogens is 364 g/mol. The van der Waals surface area contributed by atoms with E-state index in [-0.39, 0.29) is 11.7 Å². The maximum atomic E-state index is 12.6. The Morgan fingerprint density at radius 3 is 2.90 bits per heavy atom. The van der Waals surface area contributed by atoms with Gasteiger partial charge in [0.2, 0.25) is 0 Å². The number of ether oxygens (including phenoxy) is 1. The van der Waals surface area contributed by atoms with Crippen LogP contribution in [0.5, 0.6) is 5.75 Å². The van der Waals surface area contributed by atoms with Crippen LogP contribution in [0.3, 0.4) is 0 Å². The zero-order valence-corrected chi connectivity index (χ0v) is 13.2. The Balaban J connectivity index is 2.08. The molecule has 3 rings (SSSR count). The lowest BCUT2D eigenvalue weighted by atomic mass is 9.94. The Morgan fingerprint density at radius 2 is 2.14 bits per heavy atom. The molecule has 0 fully saturated rings. The number of aromatic nitrogens is 1. The van der Waals surface area contributed by atoms with Gasteiger partial charge in [0.1, 0.15) is 12.3 Å². The summed E-state index contributed by atoms with van der Waals surface area (Å²) in [5.74, 6) is 0.186. The predicted molar refractivity (Wildman–Crippen MR) is 78.9 cm³/mol. The van der Waals surface area contributed by atoms with Crippen molar-refractivity contribution in [1.82, 2.24) is 0 Å². The zero-order chi connectivity index (χ0) is 15.0. The van der Waals surface area contributed by atoms with Gasteiger partial charge >= 0.3 is 6.61 Å². The van der Waals surface area contributed by atoms with Gasteiger partial charge in [-0.2, -0.15) is 8.78 Å². The molecule has 0 amide bonds. The van der Waals surface area contributed by atoms with E-state index in [0.717, 1.165) is 28.7 Å². The number of benzene rings is 1. The number of nitrogens with zero attached hydrogens (tertiary/aromatic N) is 1. The molecule has 0 radical (unpaired) electrons. The Kier molecular flexibility index (Phi) is 4.13. The van der Waals surface area contributed by atoms with Gasteiger partial charge in [0.25, 0.3) is 0 Å². The predicted octanol–water partition coefficient (Wildman–Crippen LogP) is 4.53. The van der Waals surface area contributed by atoms with Crippen molar-refractivity contribution in [3.05, 3.63) is 57.3 Å². The molecule has 1 aromatic carbocycles. The van der Waals surface area contributed by atoms with Crippen molar-refractivity contribution in [3.63, 3.8) is 0 Å². The van der Waals surface area contributed by atoms with Crippen molar-refractivity contribution in [3.8, 4) is 5.75 Å². The summed E-state index contributed by atoms with van der Waals surface area (Å²) in [4.78, 5) is 0. The van der Waals surface area contributed by atoms with Gasteiger partial charge in [-0.3, -0.25) is 0 Å². The van der Waals surface area contributed by atoms with Crippen LogP contribution in [0.4, 0.5) is 8.78 Å². The lowest BCUT2D eigenvalue weighted by Gasteiger charge is -2.15. The van der Waals surface area contributed by atoms with Crippen molar-refractivity contribution in [2.24, 2.45) is 0 Å². The molecule has 0 bridgehead atoms. The fraction of sp³-hybridized carbons (Fsp3) is 0.267. The molecule has 21 heavy (non-hydrogen) atoms. The Hall–Kier alpha value is -1.20. The third-order valence-corrected chi connectivity index (χ3v) is 4.55. The van der Waals surface area contributed by atoms with Crippen molar-refractivity contribution in [2.75, 3.05) is 0 Å². The van der Waals surface area contributed by atoms with E-state index in [1.807, 2.05) is 24.4 Å². The average Bonchev–Trinajstić information content (AvgIpc) is 2.81. The summed E-state index contributed by atoms with van der Waals surface area (Å²) in [7, 11) is 0. The number of hydrogen-bond donors (Lipinski definition) is 0. The molecule has 6 heteroatoms. The van der Waals surface area contributed by atoms with Crippen molar-refractivity contribution >= 4 is 27.5 Å². The highest BCUT2D eigenvalue weighted by Gasteiger charge is 2.35. The van der Waals surface area contributed by atoms with Crippen LogP contribution in [-0.2, 0) is 6.54 Å². The van der Waals surface area contributed by atoms with Crippen molar-refractivity contribution in [2.45, 2.75) is 25.5 Å². The van der Waals surface area contributed by atoms with Crippen LogP contribution in [0.1, 0.15) is 23.6 Å². The van der Waals surface area contributed by atoms with Gasteiger partial charge in [0.15, 0.2) is 11.9 Å². The van der Waals surface area contributed by atoms with Gasteiger partial charge < -0.3 is 4.74 Å². The van der Waals surface area contributed by atoms with Gasteiger partial charge in [-0.25, -0.2) is 4.57 Å². The topological polar surface area (TPSA) is 13.1 Å². The average molecular weight is 376 g/mol. The summed E-state index contributed by atoms with van der Waals surface area (Å²) >= 11 is 9.51. The first-order valence-electron chi connectivity index (χ1n) is 6.48. The fourth-order valence-corrected chi connectivity index (χ4v) is 3.58. The molecule has 0 spiro atoms. The number of pyridine rings is 1. The van der Waals surface area contributed by atoms with Crippen LogP contribution in [0, 0.1) is 0 Å². The third kappa shape index (κ3) is 2.90. The van der Waals surface area contributed by atoms with Gasteiger partial charge in [0, 0.05) is 28.6 Å². The van der Waals surface area contributed by atoms with Gasteiger partial charge in [-0.15, -0.1) is 0 Å². The smallest absolute Gasteiger partial charge is 0.387 e. The van der Waals surface area contributed by atoms with E-state index >= 15 is 0 Å². The van der Waals surface area contributed by atoms with Crippen LogP contribution >= 0.6 is 27.5 Å². The maximum absolute atomic E-state index is 12.6. The van der Waals surface area contributed by atoms with Crippen molar-refractivity contribution in [1.29, 1.82) is 0 Å². The molecule has 2 aromatic rings. The first-order valence-corrected chi connectivity index (χ1v) is 7.65. The summed E-state index contributed by atoms with van der Waals surface area (Å²) in [6, 6.07) is 8.79. The Labute approximate surface area is 134 Å². The largest absolute Gasteiger partial charge is 0.434 e. The van der Waals surface area contributed by atoms with E-state index in [0.29, 0.717) is 5.02 Å². The van der Waals surface area contributed by atoms with E-state index in [1.165, 1.54) is 0 Å². The lowest BCUT2D eigenvalue weighted by Crippen LogP contribution is -2.32. The molecule has 0 aliphatic carbocycles. The minimum atomic E-state index is -2.84. The zero-order valence-electron chi connectivity index (χ0n) is 10.9. The van der Waals surface area contributed by atoms with E-state index in [2.05, 4.69) is 25.2 Å². The number of aryl methyl sites for hydroxylation is 1. The lowest BCUT2D eigenvalue weighted by molar-refractivity contribution is -0.691. The first-order chi connectivity index (χ1) is 10.1. The van der Waals surface area contributed by atoms with Gasteiger partial charge in [0.05, 0.1) is 10.9 Å². The van der Waals surface area contributed by atoms with Gasteiger partial charge in [-0.05, 0) is 12.1 Å². The summed E-state index contributed by atoms with van der Waals surface area (Å²) < 4.78 is 32.8. The van der Waals surface area contributed by atoms with Crippen LogP contribution in [0.15, 0.2) is 41.0 Å². The molecule has 2 heterocycles. The minimum absolute atomic E-state index is 0.0203. The minimum Gasteiger partial charge on any atom is -0.434 e. The third-order valence-electron chi connectivity index (χ3n) is 3.62. The normalized spacial score (nSPS) is 17.1. The summed E-state index contributed by atoms with van der Waals surface area (Å²) in [5, 5.41) is 0.636. The number of rotatable bonds is 3. The molecule has 2 nitrogen and oxygen atoms in total. The summed E-state index contributed by atoms with van der Waals surface area (Å²) in [5.41, 5.74) is 1.75. The number of fused-ring (bicyclic) bond motifs is 1. The summed E-state index contributed by atoms with van der Waals surface area (Å²) in [6.07, 6.45) is 2.74. The highest BCUT2D eigenvalue weighted by atomic mass is 79.9. The summed E-state index contributed by atoms with van der Waals surface area (Å²) in [6.45, 7) is -2.02. The monoisotopic (exact) mass is 374 g/mol. The highest BCUT2D eigenvalue weighted by molar-refractivity contribution is 9.10. The molecule has 110 valence electrons. The Bertz CT molecular complexity index is 681. The van der Waals surface area contributed by atoms with Crippen LogP contribution in [0.25, 0.3) is 0 Å². The molecule has 0 unspecified atom stereocenters. The van der Waals surface area contributed by atoms with Crippen LogP contribution < -0.4 is 9.30 Å². The second-order valence-corrected chi connectivity index (χ2v) is 6.13. The number of hydrogen-bond acceptors (Lipinski definition) is 1. The van der Waals surface area contributed by atoms with E-state index in [9.17, 15) is 8.78 Å². The van der Waals surface area contributed by atoms with E-state index in [4.69, 9.17) is 11.6 Å². The number of halogens is 4. The molecule has 0 saturated heterocycles. The molecule has 0 N–H and O–H groups in total. The second kappa shape index (κ2) is 5.89. The molecular formula is C15H12BrClF2NO+. The molecule has 1 aliphatic heterocycles.